The minimum Gasteiger partial charge on any atom is -0.393 e. The predicted octanol–water partition coefficient (Wildman–Crippen LogP) is 2.57. The molecule has 0 bridgehead atoms. The van der Waals surface area contributed by atoms with Crippen LogP contribution in [-0.2, 0) is 11.3 Å². The van der Waals surface area contributed by atoms with E-state index in [1.807, 2.05) is 44.2 Å². The van der Waals surface area contributed by atoms with E-state index in [9.17, 15) is 5.11 Å². The van der Waals surface area contributed by atoms with Gasteiger partial charge in [0.1, 0.15) is 0 Å². The molecule has 0 aromatic heterocycles. The van der Waals surface area contributed by atoms with E-state index in [0.717, 1.165) is 5.56 Å². The highest BCUT2D eigenvalue weighted by Crippen LogP contribution is 2.17. The summed E-state index contributed by atoms with van der Waals surface area (Å²) in [5.74, 6) is 0. The number of aliphatic hydroxyl groups excluding tert-OH is 1. The minimum atomic E-state index is -0.448. The third-order valence-corrected chi connectivity index (χ3v) is 2.10. The number of aliphatic hydroxyl groups is 1. The zero-order chi connectivity index (χ0) is 11.3. The molecule has 83 valence electrons. The van der Waals surface area contributed by atoms with Crippen molar-refractivity contribution >= 4 is 0 Å². The van der Waals surface area contributed by atoms with E-state index in [1.54, 1.807) is 13.3 Å². The number of hydrogen-bond donors (Lipinski definition) is 1. The van der Waals surface area contributed by atoms with Gasteiger partial charge in [0, 0.05) is 6.42 Å². The summed E-state index contributed by atoms with van der Waals surface area (Å²) in [6, 6.07) is 10.0. The first kappa shape index (κ1) is 12.2. The third kappa shape index (κ3) is 4.96. The van der Waals surface area contributed by atoms with Crippen LogP contribution in [0.1, 0.15) is 26.3 Å². The first-order valence-electron chi connectivity index (χ1n) is 5.21. The Morgan fingerprint density at radius 3 is 2.47 bits per heavy atom. The van der Waals surface area contributed by atoms with Crippen LogP contribution in [0.4, 0.5) is 0 Å². The van der Waals surface area contributed by atoms with Crippen LogP contribution in [-0.4, -0.2) is 16.8 Å². The maximum absolute atomic E-state index is 9.25. The lowest BCUT2D eigenvalue weighted by atomic mass is 10.0. The molecule has 0 unspecified atom stereocenters. The van der Waals surface area contributed by atoms with Gasteiger partial charge >= 0.3 is 0 Å². The van der Waals surface area contributed by atoms with E-state index < -0.39 is 11.7 Å². The minimum absolute atomic E-state index is 0.399. The van der Waals surface area contributed by atoms with E-state index >= 15 is 0 Å². The Morgan fingerprint density at radius 1 is 1.33 bits per heavy atom. The van der Waals surface area contributed by atoms with Gasteiger partial charge in [0.25, 0.3) is 0 Å². The monoisotopic (exact) mass is 207 g/mol. The molecule has 0 spiro atoms. The van der Waals surface area contributed by atoms with Gasteiger partial charge in [-0.1, -0.05) is 30.3 Å². The van der Waals surface area contributed by atoms with Gasteiger partial charge in [0.15, 0.2) is 0 Å². The maximum Gasteiger partial charge on any atom is 0.0724 e. The number of hydrogen-bond acceptors (Lipinski definition) is 2. The zero-order valence-electron chi connectivity index (χ0n) is 9.60. The Balaban J connectivity index is 2.42. The standard InChI is InChI=1S/C13H19O2/c1-11(14)9-13(2,3)15-10-12-7-5-4-6-8-12/h4-9,11,14H,10H2,1-3H3/t11-/m0/s1. The topological polar surface area (TPSA) is 29.5 Å². The second kappa shape index (κ2) is 5.29. The Bertz CT molecular complexity index is 278. The molecule has 2 nitrogen and oxygen atoms in total. The lowest BCUT2D eigenvalue weighted by molar-refractivity contribution is -0.0190. The SMILES string of the molecule is C[C@H](O)[CH]C(C)(C)OCc1ccccc1. The summed E-state index contributed by atoms with van der Waals surface area (Å²) in [6.45, 7) is 6.19. The smallest absolute Gasteiger partial charge is 0.0724 e. The Labute approximate surface area is 91.9 Å². The van der Waals surface area contributed by atoms with E-state index in [4.69, 9.17) is 4.74 Å². The van der Waals surface area contributed by atoms with Crippen molar-refractivity contribution < 1.29 is 9.84 Å². The fourth-order valence-electron chi connectivity index (χ4n) is 1.47. The average Bonchev–Trinajstić information content (AvgIpc) is 2.15. The Morgan fingerprint density at radius 2 is 1.93 bits per heavy atom. The molecule has 0 fully saturated rings. The fourth-order valence-corrected chi connectivity index (χ4v) is 1.47. The molecule has 0 aliphatic carbocycles. The summed E-state index contributed by atoms with van der Waals surface area (Å²) in [5.41, 5.74) is 0.744. The summed E-state index contributed by atoms with van der Waals surface area (Å²) in [5, 5.41) is 9.25. The molecule has 2 heteroatoms. The lowest BCUT2D eigenvalue weighted by Gasteiger charge is -2.26. The summed E-state index contributed by atoms with van der Waals surface area (Å²) in [6.07, 6.45) is 1.34. The van der Waals surface area contributed by atoms with Gasteiger partial charge in [0.05, 0.1) is 18.3 Å². The first-order valence-corrected chi connectivity index (χ1v) is 5.21. The van der Waals surface area contributed by atoms with Crippen LogP contribution < -0.4 is 0 Å². The first-order chi connectivity index (χ1) is 6.99. The molecular weight excluding hydrogens is 188 g/mol. The molecule has 0 aliphatic rings. The second-order valence-electron chi connectivity index (χ2n) is 4.28. The molecule has 1 rings (SSSR count). The molecule has 1 radical (unpaired) electrons. The molecule has 0 aliphatic heterocycles. The molecule has 0 saturated carbocycles. The quantitative estimate of drug-likeness (QED) is 0.804. The van der Waals surface area contributed by atoms with Gasteiger partial charge in [-0.15, -0.1) is 0 Å². The molecule has 15 heavy (non-hydrogen) atoms. The van der Waals surface area contributed by atoms with Gasteiger partial charge in [-0.2, -0.15) is 0 Å². The van der Waals surface area contributed by atoms with Crippen LogP contribution >= 0.6 is 0 Å². The molecule has 1 atom stereocenters. The number of rotatable bonds is 5. The van der Waals surface area contributed by atoms with Crippen molar-refractivity contribution in [1.29, 1.82) is 0 Å². The van der Waals surface area contributed by atoms with Crippen molar-refractivity contribution in [3.05, 3.63) is 42.3 Å². The molecule has 0 amide bonds. The van der Waals surface area contributed by atoms with Crippen molar-refractivity contribution in [1.82, 2.24) is 0 Å². The van der Waals surface area contributed by atoms with Crippen LogP contribution in [0, 0.1) is 6.42 Å². The Hall–Kier alpha value is -0.860. The molecule has 1 N–H and O–H groups in total. The lowest BCUT2D eigenvalue weighted by Crippen LogP contribution is -2.29. The molecule has 1 aromatic rings. The van der Waals surface area contributed by atoms with Crippen molar-refractivity contribution in [3.63, 3.8) is 0 Å². The summed E-state index contributed by atoms with van der Waals surface area (Å²) in [7, 11) is 0. The third-order valence-electron chi connectivity index (χ3n) is 2.10. The summed E-state index contributed by atoms with van der Waals surface area (Å²) in [4.78, 5) is 0. The summed E-state index contributed by atoms with van der Waals surface area (Å²) < 4.78 is 5.71. The Kier molecular flexibility index (Phi) is 4.30. The van der Waals surface area contributed by atoms with Crippen molar-refractivity contribution in [2.45, 2.75) is 39.1 Å². The van der Waals surface area contributed by atoms with Gasteiger partial charge in [0.2, 0.25) is 0 Å². The largest absolute Gasteiger partial charge is 0.393 e. The van der Waals surface area contributed by atoms with Crippen LogP contribution in [0.2, 0.25) is 0 Å². The molecular formula is C13H19O2. The van der Waals surface area contributed by atoms with E-state index in [0.29, 0.717) is 6.61 Å². The van der Waals surface area contributed by atoms with Crippen LogP contribution in [0.3, 0.4) is 0 Å². The van der Waals surface area contributed by atoms with Crippen molar-refractivity contribution in [3.8, 4) is 0 Å². The van der Waals surface area contributed by atoms with Crippen molar-refractivity contribution in [2.24, 2.45) is 0 Å². The highest BCUT2D eigenvalue weighted by Gasteiger charge is 2.21. The van der Waals surface area contributed by atoms with Gasteiger partial charge in [-0.25, -0.2) is 0 Å². The summed E-state index contributed by atoms with van der Waals surface area (Å²) >= 11 is 0. The van der Waals surface area contributed by atoms with E-state index in [-0.39, 0.29) is 0 Å². The fraction of sp³-hybridized carbons (Fsp3) is 0.462. The van der Waals surface area contributed by atoms with E-state index in [2.05, 4.69) is 0 Å². The second-order valence-corrected chi connectivity index (χ2v) is 4.28. The van der Waals surface area contributed by atoms with Gasteiger partial charge < -0.3 is 9.84 Å². The van der Waals surface area contributed by atoms with Crippen molar-refractivity contribution in [2.75, 3.05) is 0 Å². The van der Waals surface area contributed by atoms with Crippen LogP contribution in [0.5, 0.6) is 0 Å². The highest BCUT2D eigenvalue weighted by molar-refractivity contribution is 5.13. The molecule has 0 heterocycles. The van der Waals surface area contributed by atoms with Crippen LogP contribution in [0.15, 0.2) is 30.3 Å². The normalized spacial score (nSPS) is 13.9. The number of ether oxygens (including phenoxy) is 1. The zero-order valence-corrected chi connectivity index (χ0v) is 9.60. The number of benzene rings is 1. The maximum atomic E-state index is 9.25. The van der Waals surface area contributed by atoms with E-state index in [1.165, 1.54) is 0 Å². The molecule has 0 saturated heterocycles. The average molecular weight is 207 g/mol. The van der Waals surface area contributed by atoms with Crippen LogP contribution in [0.25, 0.3) is 0 Å². The van der Waals surface area contributed by atoms with Gasteiger partial charge in [-0.3, -0.25) is 0 Å². The molecule has 1 aromatic carbocycles. The van der Waals surface area contributed by atoms with Gasteiger partial charge in [-0.05, 0) is 26.3 Å². The predicted molar refractivity (Wildman–Crippen MR) is 61.3 cm³/mol. The highest BCUT2D eigenvalue weighted by atomic mass is 16.5.